The second kappa shape index (κ2) is 9.09. The molecule has 0 radical (unpaired) electrons. The van der Waals surface area contributed by atoms with Crippen molar-refractivity contribution in [2.45, 2.75) is 19.9 Å². The number of aromatic nitrogens is 3. The molecule has 31 heavy (non-hydrogen) atoms. The van der Waals surface area contributed by atoms with Crippen LogP contribution in [0.3, 0.4) is 0 Å². The number of carbonyl (C=O) groups is 2. The van der Waals surface area contributed by atoms with E-state index in [1.165, 1.54) is 0 Å². The molecule has 0 fully saturated rings. The van der Waals surface area contributed by atoms with Crippen molar-refractivity contribution in [3.63, 3.8) is 0 Å². The third-order valence-corrected chi connectivity index (χ3v) is 5.20. The molecule has 156 valence electrons. The van der Waals surface area contributed by atoms with E-state index in [1.54, 1.807) is 42.6 Å². The number of hydrogen-bond donors (Lipinski definition) is 2. The number of halogens is 1. The van der Waals surface area contributed by atoms with Crippen LogP contribution in [-0.4, -0.2) is 26.3 Å². The Morgan fingerprint density at radius 1 is 1.03 bits per heavy atom. The maximum atomic E-state index is 12.7. The number of anilines is 2. The minimum absolute atomic E-state index is 0.142. The van der Waals surface area contributed by atoms with Crippen LogP contribution < -0.4 is 10.6 Å². The molecule has 0 spiro atoms. The van der Waals surface area contributed by atoms with Gasteiger partial charge in [0.05, 0.1) is 11.0 Å². The Morgan fingerprint density at radius 2 is 1.87 bits per heavy atom. The Hall–Kier alpha value is -3.52. The summed E-state index contributed by atoms with van der Waals surface area (Å²) < 4.78 is 2.74. The van der Waals surface area contributed by atoms with Gasteiger partial charge in [0.1, 0.15) is 18.2 Å². The molecule has 0 saturated heterocycles. The Labute approximate surface area is 187 Å². The predicted octanol–water partition coefficient (Wildman–Crippen LogP) is 4.65. The molecule has 0 atom stereocenters. The quantitative estimate of drug-likeness (QED) is 0.423. The maximum Gasteiger partial charge on any atom is 0.256 e. The summed E-state index contributed by atoms with van der Waals surface area (Å²) in [6, 6.07) is 18.0. The fourth-order valence-corrected chi connectivity index (χ4v) is 3.53. The first-order valence-corrected chi connectivity index (χ1v) is 10.6. The lowest BCUT2D eigenvalue weighted by molar-refractivity contribution is -0.116. The van der Waals surface area contributed by atoms with Crippen LogP contribution in [0, 0.1) is 0 Å². The van der Waals surface area contributed by atoms with E-state index in [4.69, 9.17) is 0 Å². The Morgan fingerprint density at radius 3 is 2.65 bits per heavy atom. The topological polar surface area (TPSA) is 88.9 Å². The summed E-state index contributed by atoms with van der Waals surface area (Å²) in [6.45, 7) is 2.15. The number of aryl methyl sites for hydroxylation is 1. The molecule has 2 heterocycles. The van der Waals surface area contributed by atoms with Crippen molar-refractivity contribution in [3.8, 4) is 0 Å². The highest BCUT2D eigenvalue weighted by molar-refractivity contribution is 9.10. The van der Waals surface area contributed by atoms with Gasteiger partial charge in [0.15, 0.2) is 0 Å². The number of benzene rings is 2. The Bertz CT molecular complexity index is 1250. The normalized spacial score (nSPS) is 10.8. The molecule has 2 amide bonds. The molecular weight excluding hydrogens is 458 g/mol. The van der Waals surface area contributed by atoms with Gasteiger partial charge in [0, 0.05) is 28.3 Å². The highest BCUT2D eigenvalue weighted by Gasteiger charge is 2.13. The van der Waals surface area contributed by atoms with Gasteiger partial charge in [0.2, 0.25) is 5.91 Å². The van der Waals surface area contributed by atoms with E-state index in [2.05, 4.69) is 36.5 Å². The summed E-state index contributed by atoms with van der Waals surface area (Å²) in [7, 11) is 0. The van der Waals surface area contributed by atoms with Crippen LogP contribution in [0.4, 0.5) is 11.5 Å². The first kappa shape index (κ1) is 20.7. The summed E-state index contributed by atoms with van der Waals surface area (Å²) in [5.41, 5.74) is 2.76. The van der Waals surface area contributed by atoms with Gasteiger partial charge in [-0.05, 0) is 58.4 Å². The minimum Gasteiger partial charge on any atom is -0.325 e. The highest BCUT2D eigenvalue weighted by Crippen LogP contribution is 2.18. The van der Waals surface area contributed by atoms with Crippen molar-refractivity contribution in [3.05, 3.63) is 82.7 Å². The van der Waals surface area contributed by atoms with E-state index in [1.807, 2.05) is 35.8 Å². The monoisotopic (exact) mass is 477 g/mol. The van der Waals surface area contributed by atoms with Gasteiger partial charge < -0.3 is 15.2 Å². The zero-order chi connectivity index (χ0) is 21.8. The molecule has 2 aromatic carbocycles. The van der Waals surface area contributed by atoms with Crippen LogP contribution in [0.1, 0.15) is 23.1 Å². The van der Waals surface area contributed by atoms with Gasteiger partial charge in [-0.1, -0.05) is 25.1 Å². The van der Waals surface area contributed by atoms with E-state index >= 15 is 0 Å². The molecule has 7 nitrogen and oxygen atoms in total. The first-order valence-electron chi connectivity index (χ1n) is 9.80. The zero-order valence-electron chi connectivity index (χ0n) is 16.8. The molecule has 2 aromatic heterocycles. The van der Waals surface area contributed by atoms with Crippen LogP contribution in [0.25, 0.3) is 11.0 Å². The molecule has 0 aliphatic heterocycles. The number of imidazole rings is 1. The smallest absolute Gasteiger partial charge is 0.256 e. The molecule has 8 heteroatoms. The average molecular weight is 478 g/mol. The fraction of sp³-hybridized carbons (Fsp3) is 0.130. The lowest BCUT2D eigenvalue weighted by Gasteiger charge is -2.10. The molecule has 2 N–H and O–H groups in total. The third kappa shape index (κ3) is 4.80. The highest BCUT2D eigenvalue weighted by atomic mass is 79.9. The number of rotatable bonds is 6. The summed E-state index contributed by atoms with van der Waals surface area (Å²) in [6.07, 6.45) is 2.33. The zero-order valence-corrected chi connectivity index (χ0v) is 18.4. The van der Waals surface area contributed by atoms with E-state index in [-0.39, 0.29) is 18.4 Å². The largest absolute Gasteiger partial charge is 0.325 e. The van der Waals surface area contributed by atoms with Crippen LogP contribution in [-0.2, 0) is 17.8 Å². The van der Waals surface area contributed by atoms with E-state index < -0.39 is 0 Å². The van der Waals surface area contributed by atoms with Gasteiger partial charge >= 0.3 is 0 Å². The first-order chi connectivity index (χ1) is 15.0. The number of nitrogens with zero attached hydrogens (tertiary/aromatic N) is 3. The van der Waals surface area contributed by atoms with Crippen molar-refractivity contribution in [2.75, 3.05) is 10.6 Å². The molecule has 0 bridgehead atoms. The predicted molar refractivity (Wildman–Crippen MR) is 124 cm³/mol. The summed E-state index contributed by atoms with van der Waals surface area (Å²) in [4.78, 5) is 34.0. The maximum absolute atomic E-state index is 12.7. The van der Waals surface area contributed by atoms with Crippen molar-refractivity contribution in [2.24, 2.45) is 0 Å². The van der Waals surface area contributed by atoms with E-state index in [0.29, 0.717) is 17.1 Å². The van der Waals surface area contributed by atoms with Gasteiger partial charge in [-0.25, -0.2) is 9.97 Å². The van der Waals surface area contributed by atoms with Crippen molar-refractivity contribution in [1.29, 1.82) is 0 Å². The third-order valence-electron chi connectivity index (χ3n) is 4.73. The summed E-state index contributed by atoms with van der Waals surface area (Å²) >= 11 is 3.31. The number of pyridine rings is 1. The van der Waals surface area contributed by atoms with Crippen LogP contribution in [0.2, 0.25) is 0 Å². The number of hydrogen-bond acceptors (Lipinski definition) is 4. The van der Waals surface area contributed by atoms with Gasteiger partial charge in [-0.3, -0.25) is 9.59 Å². The number of carbonyl (C=O) groups excluding carboxylic acids is 2. The van der Waals surface area contributed by atoms with Gasteiger partial charge in [0.25, 0.3) is 5.91 Å². The van der Waals surface area contributed by atoms with Gasteiger partial charge in [-0.15, -0.1) is 0 Å². The second-order valence-corrected chi connectivity index (χ2v) is 7.82. The Kier molecular flexibility index (Phi) is 6.08. The molecule has 4 rings (SSSR count). The van der Waals surface area contributed by atoms with E-state index in [0.717, 1.165) is 27.8 Å². The average Bonchev–Trinajstić information content (AvgIpc) is 3.13. The van der Waals surface area contributed by atoms with Crippen LogP contribution >= 0.6 is 15.9 Å². The van der Waals surface area contributed by atoms with Crippen LogP contribution in [0.5, 0.6) is 0 Å². The number of nitrogens with one attached hydrogen (secondary N) is 2. The standard InChI is InChI=1S/C23H20BrN5O2/c1-2-21-27-18-8-3-4-9-19(18)29(21)14-22(30)26-17-7-5-6-15(12-17)23(31)28-20-11-10-16(24)13-25-20/h3-13H,2,14H2,1H3,(H,26,30)(H,25,28,31). The number of amides is 2. The number of para-hydroxylation sites is 2. The van der Waals surface area contributed by atoms with Crippen molar-refractivity contribution in [1.82, 2.24) is 14.5 Å². The Balaban J connectivity index is 1.47. The number of fused-ring (bicyclic) bond motifs is 1. The molecule has 0 aliphatic carbocycles. The summed E-state index contributed by atoms with van der Waals surface area (Å²) in [5.74, 6) is 0.804. The summed E-state index contributed by atoms with van der Waals surface area (Å²) in [5, 5.41) is 5.61. The molecular formula is C23H20BrN5O2. The lowest BCUT2D eigenvalue weighted by atomic mass is 10.2. The lowest BCUT2D eigenvalue weighted by Crippen LogP contribution is -2.20. The molecule has 0 saturated carbocycles. The SMILES string of the molecule is CCc1nc2ccccc2n1CC(=O)Nc1cccc(C(=O)Nc2ccc(Br)cn2)c1. The molecule has 4 aromatic rings. The van der Waals surface area contributed by atoms with E-state index in [9.17, 15) is 9.59 Å². The minimum atomic E-state index is -0.306. The van der Waals surface area contributed by atoms with Crippen molar-refractivity contribution < 1.29 is 9.59 Å². The van der Waals surface area contributed by atoms with Gasteiger partial charge in [-0.2, -0.15) is 0 Å². The molecule has 0 unspecified atom stereocenters. The second-order valence-electron chi connectivity index (χ2n) is 6.90. The molecule has 0 aliphatic rings. The van der Waals surface area contributed by atoms with Crippen LogP contribution in [0.15, 0.2) is 71.3 Å². The van der Waals surface area contributed by atoms with Crippen molar-refractivity contribution >= 4 is 50.3 Å². The fourth-order valence-electron chi connectivity index (χ4n) is 3.29.